The van der Waals surface area contributed by atoms with Crippen LogP contribution in [0, 0.1) is 6.92 Å². The molecule has 22 heavy (non-hydrogen) atoms. The van der Waals surface area contributed by atoms with Crippen molar-refractivity contribution < 1.29 is 4.79 Å². The highest BCUT2D eigenvalue weighted by atomic mass is 16.2. The van der Waals surface area contributed by atoms with E-state index in [0.717, 1.165) is 18.5 Å². The average molecular weight is 300 g/mol. The highest BCUT2D eigenvalue weighted by molar-refractivity contribution is 5.94. The van der Waals surface area contributed by atoms with Crippen molar-refractivity contribution in [2.24, 2.45) is 7.05 Å². The molecule has 2 N–H and O–H groups in total. The summed E-state index contributed by atoms with van der Waals surface area (Å²) in [6.45, 7) is 4.57. The number of nitrogens with zero attached hydrogens (tertiary/aromatic N) is 5. The number of nitrogen functional groups attached to an aromatic ring is 1. The molecule has 3 heterocycles. The summed E-state index contributed by atoms with van der Waals surface area (Å²) in [6, 6.07) is 1.73. The Kier molecular flexibility index (Phi) is 3.35. The minimum Gasteiger partial charge on any atom is -0.384 e. The molecule has 1 fully saturated rings. The van der Waals surface area contributed by atoms with Crippen molar-refractivity contribution in [3.8, 4) is 0 Å². The fourth-order valence-corrected chi connectivity index (χ4v) is 3.04. The molecular formula is C15H20N6O. The molecule has 0 saturated carbocycles. The number of carbonyl (C=O) groups is 1. The molecule has 0 aliphatic carbocycles. The minimum absolute atomic E-state index is 0.0447. The Morgan fingerprint density at radius 3 is 2.82 bits per heavy atom. The third-order valence-electron chi connectivity index (χ3n) is 4.19. The van der Waals surface area contributed by atoms with E-state index in [0.29, 0.717) is 23.8 Å². The summed E-state index contributed by atoms with van der Waals surface area (Å²) in [6.07, 6.45) is 5.06. The maximum Gasteiger partial charge on any atom is 0.257 e. The molecule has 2 aromatic rings. The summed E-state index contributed by atoms with van der Waals surface area (Å²) in [5.74, 6) is 1.00. The Morgan fingerprint density at radius 2 is 2.18 bits per heavy atom. The zero-order valence-electron chi connectivity index (χ0n) is 13.1. The summed E-state index contributed by atoms with van der Waals surface area (Å²) in [5.41, 5.74) is 6.71. The third kappa shape index (κ3) is 2.32. The first-order valence-electron chi connectivity index (χ1n) is 7.32. The highest BCUT2D eigenvalue weighted by Crippen LogP contribution is 2.38. The molecule has 116 valence electrons. The molecule has 7 nitrogen and oxygen atoms in total. The summed E-state index contributed by atoms with van der Waals surface area (Å²) >= 11 is 0. The van der Waals surface area contributed by atoms with Gasteiger partial charge in [-0.1, -0.05) is 0 Å². The van der Waals surface area contributed by atoms with Crippen molar-refractivity contribution >= 4 is 11.7 Å². The van der Waals surface area contributed by atoms with Crippen LogP contribution >= 0.6 is 0 Å². The second-order valence-electron chi connectivity index (χ2n) is 5.99. The van der Waals surface area contributed by atoms with Crippen molar-refractivity contribution in [1.29, 1.82) is 0 Å². The van der Waals surface area contributed by atoms with E-state index in [1.165, 1.54) is 0 Å². The number of anilines is 1. The molecular weight excluding hydrogens is 280 g/mol. The number of aromatic nitrogens is 4. The van der Waals surface area contributed by atoms with Crippen molar-refractivity contribution in [3.63, 3.8) is 0 Å². The predicted molar refractivity (Wildman–Crippen MR) is 82.0 cm³/mol. The lowest BCUT2D eigenvalue weighted by Crippen LogP contribution is -2.44. The SMILES string of the molecule is Cc1cc(N)nc([C@]2(C)CCCN2C(=O)c2cnn(C)c2)n1. The van der Waals surface area contributed by atoms with Crippen LogP contribution in [0.1, 0.15) is 41.6 Å². The van der Waals surface area contributed by atoms with E-state index >= 15 is 0 Å². The largest absolute Gasteiger partial charge is 0.384 e. The van der Waals surface area contributed by atoms with Gasteiger partial charge in [-0.3, -0.25) is 9.48 Å². The Labute approximate surface area is 129 Å². The lowest BCUT2D eigenvalue weighted by molar-refractivity contribution is 0.0603. The number of hydrogen-bond donors (Lipinski definition) is 1. The molecule has 1 atom stereocenters. The van der Waals surface area contributed by atoms with Gasteiger partial charge in [-0.25, -0.2) is 9.97 Å². The number of carbonyl (C=O) groups excluding carboxylic acids is 1. The van der Waals surface area contributed by atoms with Crippen molar-refractivity contribution in [2.75, 3.05) is 12.3 Å². The minimum atomic E-state index is -0.535. The van der Waals surface area contributed by atoms with E-state index in [2.05, 4.69) is 15.1 Å². The fraction of sp³-hybridized carbons (Fsp3) is 0.467. The average Bonchev–Trinajstić information content (AvgIpc) is 3.04. The maximum absolute atomic E-state index is 12.8. The first-order chi connectivity index (χ1) is 10.4. The van der Waals surface area contributed by atoms with Gasteiger partial charge in [0.25, 0.3) is 5.91 Å². The second-order valence-corrected chi connectivity index (χ2v) is 5.99. The zero-order valence-corrected chi connectivity index (χ0v) is 13.1. The second kappa shape index (κ2) is 5.08. The van der Waals surface area contributed by atoms with Crippen LogP contribution in [-0.4, -0.2) is 37.1 Å². The molecule has 1 aliphatic heterocycles. The van der Waals surface area contributed by atoms with Crippen LogP contribution in [0.4, 0.5) is 5.82 Å². The van der Waals surface area contributed by atoms with Crippen LogP contribution in [0.3, 0.4) is 0 Å². The van der Waals surface area contributed by atoms with Crippen LogP contribution < -0.4 is 5.73 Å². The number of rotatable bonds is 2. The van der Waals surface area contributed by atoms with Gasteiger partial charge in [-0.15, -0.1) is 0 Å². The first kappa shape index (κ1) is 14.5. The van der Waals surface area contributed by atoms with Gasteiger partial charge in [0.15, 0.2) is 5.82 Å². The number of aryl methyl sites for hydroxylation is 2. The van der Waals surface area contributed by atoms with E-state index in [1.807, 2.05) is 18.7 Å². The predicted octanol–water partition coefficient (Wildman–Crippen LogP) is 1.25. The Hall–Kier alpha value is -2.44. The molecule has 0 spiro atoms. The molecule has 2 aromatic heterocycles. The Morgan fingerprint density at radius 1 is 1.41 bits per heavy atom. The van der Waals surface area contributed by atoms with Gasteiger partial charge >= 0.3 is 0 Å². The third-order valence-corrected chi connectivity index (χ3v) is 4.19. The topological polar surface area (TPSA) is 89.9 Å². The van der Waals surface area contributed by atoms with Gasteiger partial charge in [0.2, 0.25) is 0 Å². The summed E-state index contributed by atoms with van der Waals surface area (Å²) in [5, 5.41) is 4.08. The van der Waals surface area contributed by atoms with Crippen LogP contribution in [0.25, 0.3) is 0 Å². The van der Waals surface area contributed by atoms with Gasteiger partial charge < -0.3 is 10.6 Å². The number of nitrogens with two attached hydrogens (primary N) is 1. The molecule has 3 rings (SSSR count). The lowest BCUT2D eigenvalue weighted by Gasteiger charge is -2.33. The molecule has 1 amide bonds. The van der Waals surface area contributed by atoms with Crippen LogP contribution in [-0.2, 0) is 12.6 Å². The first-order valence-corrected chi connectivity index (χ1v) is 7.32. The van der Waals surface area contributed by atoms with E-state index in [9.17, 15) is 4.79 Å². The zero-order chi connectivity index (χ0) is 15.9. The van der Waals surface area contributed by atoms with Crippen LogP contribution in [0.5, 0.6) is 0 Å². The van der Waals surface area contributed by atoms with Crippen LogP contribution in [0.2, 0.25) is 0 Å². The van der Waals surface area contributed by atoms with Crippen molar-refractivity contribution in [3.05, 3.63) is 35.5 Å². The standard InChI is InChI=1S/C15H20N6O/c1-10-7-12(16)19-14(18-10)15(2)5-4-6-21(15)13(22)11-8-17-20(3)9-11/h7-9H,4-6H2,1-3H3,(H2,16,18,19)/t15-/m0/s1. The van der Waals surface area contributed by atoms with E-state index < -0.39 is 5.54 Å². The molecule has 0 unspecified atom stereocenters. The summed E-state index contributed by atoms with van der Waals surface area (Å²) in [4.78, 5) is 23.5. The molecule has 0 bridgehead atoms. The van der Waals surface area contributed by atoms with E-state index in [4.69, 9.17) is 5.73 Å². The van der Waals surface area contributed by atoms with Crippen molar-refractivity contribution in [1.82, 2.24) is 24.6 Å². The van der Waals surface area contributed by atoms with Crippen LogP contribution in [0.15, 0.2) is 18.5 Å². The molecule has 7 heteroatoms. The van der Waals surface area contributed by atoms with Gasteiger partial charge in [-0.2, -0.15) is 5.10 Å². The Bertz CT molecular complexity index is 704. The number of amides is 1. The van der Waals surface area contributed by atoms with E-state index in [1.54, 1.807) is 30.2 Å². The molecule has 0 radical (unpaired) electrons. The smallest absolute Gasteiger partial charge is 0.257 e. The van der Waals surface area contributed by atoms with Gasteiger partial charge in [0.05, 0.1) is 11.8 Å². The number of hydrogen-bond acceptors (Lipinski definition) is 5. The highest BCUT2D eigenvalue weighted by Gasteiger charge is 2.44. The van der Waals surface area contributed by atoms with Crippen molar-refractivity contribution in [2.45, 2.75) is 32.2 Å². The summed E-state index contributed by atoms with van der Waals surface area (Å²) < 4.78 is 1.63. The molecule has 0 aromatic carbocycles. The van der Waals surface area contributed by atoms with Gasteiger partial charge in [0, 0.05) is 31.5 Å². The quantitative estimate of drug-likeness (QED) is 0.901. The normalized spacial score (nSPS) is 21.3. The Balaban J connectivity index is 1.99. The number of likely N-dealkylation sites (tertiary alicyclic amines) is 1. The van der Waals surface area contributed by atoms with Gasteiger partial charge in [-0.05, 0) is 26.7 Å². The van der Waals surface area contributed by atoms with E-state index in [-0.39, 0.29) is 5.91 Å². The maximum atomic E-state index is 12.8. The lowest BCUT2D eigenvalue weighted by atomic mass is 9.97. The summed E-state index contributed by atoms with van der Waals surface area (Å²) in [7, 11) is 1.80. The monoisotopic (exact) mass is 300 g/mol. The fourth-order valence-electron chi connectivity index (χ4n) is 3.04. The molecule has 1 aliphatic rings. The van der Waals surface area contributed by atoms with Gasteiger partial charge in [0.1, 0.15) is 11.4 Å². The molecule has 1 saturated heterocycles.